The maximum Gasteiger partial charge on any atom is 0.164 e. The minimum absolute atomic E-state index is 0.0619. The minimum atomic E-state index is -0.448. The molecule has 100 valence electrons. The first-order valence-electron chi connectivity index (χ1n) is 6.04. The lowest BCUT2D eigenvalue weighted by Crippen LogP contribution is -2.06. The second kappa shape index (κ2) is 6.69. The van der Waals surface area contributed by atoms with Gasteiger partial charge < -0.3 is 0 Å². The van der Waals surface area contributed by atoms with Crippen LogP contribution < -0.4 is 0 Å². The third kappa shape index (κ3) is 3.69. The molecule has 0 spiro atoms. The summed E-state index contributed by atoms with van der Waals surface area (Å²) >= 11 is 9.16. The Labute approximate surface area is 131 Å². The molecule has 0 fully saturated rings. The fourth-order valence-electron chi connectivity index (χ4n) is 1.90. The summed E-state index contributed by atoms with van der Waals surface area (Å²) < 4.78 is 0.897. The van der Waals surface area contributed by atoms with Crippen molar-refractivity contribution in [1.29, 1.82) is 5.26 Å². The number of halogens is 2. The average Bonchev–Trinajstić information content (AvgIpc) is 2.45. The van der Waals surface area contributed by atoms with Crippen molar-refractivity contribution < 1.29 is 4.79 Å². The molecule has 2 aromatic carbocycles. The Balaban J connectivity index is 2.17. The third-order valence-corrected chi connectivity index (χ3v) is 3.71. The molecule has 2 aromatic rings. The van der Waals surface area contributed by atoms with Crippen molar-refractivity contribution in [2.75, 3.05) is 0 Å². The largest absolute Gasteiger partial charge is 0.294 e. The molecule has 0 unspecified atom stereocenters. The van der Waals surface area contributed by atoms with Gasteiger partial charge >= 0.3 is 0 Å². The summed E-state index contributed by atoms with van der Waals surface area (Å²) in [6.45, 7) is 0. The second-order valence-corrected chi connectivity index (χ2v) is 5.72. The van der Waals surface area contributed by atoms with Crippen LogP contribution in [0.15, 0.2) is 53.0 Å². The lowest BCUT2D eigenvalue weighted by atomic mass is 9.93. The Kier molecular flexibility index (Phi) is 4.94. The number of hydrogen-bond acceptors (Lipinski definition) is 2. The zero-order valence-electron chi connectivity index (χ0n) is 10.5. The number of nitrogens with zero attached hydrogens (tertiary/aromatic N) is 1. The van der Waals surface area contributed by atoms with Crippen LogP contribution in [0.3, 0.4) is 0 Å². The topological polar surface area (TPSA) is 40.9 Å². The van der Waals surface area contributed by atoms with Gasteiger partial charge in [0.1, 0.15) is 0 Å². The summed E-state index contributed by atoms with van der Waals surface area (Å²) in [4.78, 5) is 12.2. The highest BCUT2D eigenvalue weighted by Gasteiger charge is 2.17. The number of benzene rings is 2. The van der Waals surface area contributed by atoms with Crippen molar-refractivity contribution in [1.82, 2.24) is 0 Å². The van der Waals surface area contributed by atoms with Crippen molar-refractivity contribution in [3.05, 3.63) is 69.2 Å². The van der Waals surface area contributed by atoms with E-state index in [-0.39, 0.29) is 12.2 Å². The van der Waals surface area contributed by atoms with Gasteiger partial charge in [0.2, 0.25) is 0 Å². The first-order valence-corrected chi connectivity index (χ1v) is 7.21. The van der Waals surface area contributed by atoms with Crippen LogP contribution in [0.5, 0.6) is 0 Å². The maximum atomic E-state index is 12.2. The second-order valence-electron chi connectivity index (χ2n) is 4.37. The predicted octanol–water partition coefficient (Wildman–Crippen LogP) is 4.98. The Morgan fingerprint density at radius 1 is 1.25 bits per heavy atom. The molecule has 0 aliphatic heterocycles. The molecule has 2 rings (SSSR count). The SMILES string of the molecule is N#C[C@@H](CC(=O)c1ccc(Cl)cc1)c1cccc(Br)c1. The zero-order chi connectivity index (χ0) is 14.5. The van der Waals surface area contributed by atoms with E-state index >= 15 is 0 Å². The predicted molar refractivity (Wildman–Crippen MR) is 82.9 cm³/mol. The van der Waals surface area contributed by atoms with Crippen LogP contribution in [0.4, 0.5) is 0 Å². The molecule has 20 heavy (non-hydrogen) atoms. The highest BCUT2D eigenvalue weighted by Crippen LogP contribution is 2.24. The number of hydrogen-bond donors (Lipinski definition) is 0. The van der Waals surface area contributed by atoms with Gasteiger partial charge in [-0.3, -0.25) is 4.79 Å². The Morgan fingerprint density at radius 3 is 2.55 bits per heavy atom. The molecule has 0 radical (unpaired) electrons. The molecule has 4 heteroatoms. The summed E-state index contributed by atoms with van der Waals surface area (Å²) in [6.07, 6.45) is 0.161. The van der Waals surface area contributed by atoms with Gasteiger partial charge in [-0.05, 0) is 42.0 Å². The van der Waals surface area contributed by atoms with Crippen molar-refractivity contribution in [2.24, 2.45) is 0 Å². The highest BCUT2D eigenvalue weighted by atomic mass is 79.9. The summed E-state index contributed by atoms with van der Waals surface area (Å²) in [5.41, 5.74) is 1.41. The first kappa shape index (κ1) is 14.8. The molecule has 0 aliphatic carbocycles. The standard InChI is InChI=1S/C16H11BrClNO/c17-14-3-1-2-12(8-14)13(10-19)9-16(20)11-4-6-15(18)7-5-11/h1-8,13H,9H2/t13-/m1/s1. The van der Waals surface area contributed by atoms with Gasteiger partial charge in [0.05, 0.1) is 12.0 Å². The zero-order valence-corrected chi connectivity index (χ0v) is 12.9. The number of carbonyl (C=O) groups excluding carboxylic acids is 1. The number of ketones is 1. The van der Waals surface area contributed by atoms with E-state index in [0.29, 0.717) is 10.6 Å². The third-order valence-electron chi connectivity index (χ3n) is 2.96. The van der Waals surface area contributed by atoms with Crippen molar-refractivity contribution in [3.63, 3.8) is 0 Å². The van der Waals surface area contributed by atoms with Gasteiger partial charge in [-0.15, -0.1) is 0 Å². The van der Waals surface area contributed by atoms with Gasteiger partial charge in [0, 0.05) is 21.5 Å². The summed E-state index contributed by atoms with van der Waals surface area (Å²) in [6, 6.07) is 16.4. The van der Waals surface area contributed by atoms with E-state index < -0.39 is 5.92 Å². The van der Waals surface area contributed by atoms with Crippen LogP contribution in [-0.4, -0.2) is 5.78 Å². The van der Waals surface area contributed by atoms with Crippen LogP contribution in [0.2, 0.25) is 5.02 Å². The smallest absolute Gasteiger partial charge is 0.164 e. The van der Waals surface area contributed by atoms with Crippen LogP contribution >= 0.6 is 27.5 Å². The molecular formula is C16H11BrClNO. The first-order chi connectivity index (χ1) is 9.60. The fraction of sp³-hybridized carbons (Fsp3) is 0.125. The molecule has 0 aromatic heterocycles. The van der Waals surface area contributed by atoms with Gasteiger partial charge in [-0.25, -0.2) is 0 Å². The van der Waals surface area contributed by atoms with Crippen LogP contribution in [0.25, 0.3) is 0 Å². The van der Waals surface area contributed by atoms with E-state index in [1.54, 1.807) is 24.3 Å². The molecule has 1 atom stereocenters. The van der Waals surface area contributed by atoms with E-state index in [9.17, 15) is 10.1 Å². The Bertz CT molecular complexity index is 661. The summed E-state index contributed by atoms with van der Waals surface area (Å²) in [7, 11) is 0. The van der Waals surface area contributed by atoms with Gasteiger partial charge in [-0.2, -0.15) is 5.26 Å². The lowest BCUT2D eigenvalue weighted by molar-refractivity contribution is 0.0979. The quantitative estimate of drug-likeness (QED) is 0.731. The molecule has 0 saturated heterocycles. The lowest BCUT2D eigenvalue weighted by Gasteiger charge is -2.09. The molecule has 0 bridgehead atoms. The van der Waals surface area contributed by atoms with E-state index in [1.165, 1.54) is 0 Å². The van der Waals surface area contributed by atoms with Gasteiger partial charge in [0.25, 0.3) is 0 Å². The Morgan fingerprint density at radius 2 is 1.95 bits per heavy atom. The summed E-state index contributed by atoms with van der Waals surface area (Å²) in [5, 5.41) is 9.86. The molecule has 0 saturated carbocycles. The van der Waals surface area contributed by atoms with Gasteiger partial charge in [-0.1, -0.05) is 39.7 Å². The summed E-state index contributed by atoms with van der Waals surface area (Å²) in [5.74, 6) is -0.510. The number of nitriles is 1. The monoisotopic (exact) mass is 347 g/mol. The highest BCUT2D eigenvalue weighted by molar-refractivity contribution is 9.10. The van der Waals surface area contributed by atoms with E-state index in [1.807, 2.05) is 24.3 Å². The molecule has 0 N–H and O–H groups in total. The number of Topliss-reactive ketones (excluding diaryl/α,β-unsaturated/α-hetero) is 1. The molecule has 2 nitrogen and oxygen atoms in total. The van der Waals surface area contributed by atoms with Crippen LogP contribution in [0, 0.1) is 11.3 Å². The van der Waals surface area contributed by atoms with E-state index in [4.69, 9.17) is 11.6 Å². The normalized spacial score (nSPS) is 11.7. The van der Waals surface area contributed by atoms with E-state index in [0.717, 1.165) is 10.0 Å². The van der Waals surface area contributed by atoms with Crippen molar-refractivity contribution in [3.8, 4) is 6.07 Å². The van der Waals surface area contributed by atoms with Crippen LogP contribution in [-0.2, 0) is 0 Å². The molecule has 0 aliphatic rings. The molecule has 0 amide bonds. The number of rotatable bonds is 4. The van der Waals surface area contributed by atoms with E-state index in [2.05, 4.69) is 22.0 Å². The molecular weight excluding hydrogens is 338 g/mol. The minimum Gasteiger partial charge on any atom is -0.294 e. The maximum absolute atomic E-state index is 12.2. The fourth-order valence-corrected chi connectivity index (χ4v) is 2.44. The van der Waals surface area contributed by atoms with Crippen molar-refractivity contribution >= 4 is 33.3 Å². The molecule has 0 heterocycles. The van der Waals surface area contributed by atoms with Crippen LogP contribution in [0.1, 0.15) is 28.3 Å². The average molecular weight is 349 g/mol. The van der Waals surface area contributed by atoms with Crippen molar-refractivity contribution in [2.45, 2.75) is 12.3 Å². The number of carbonyl (C=O) groups is 1. The van der Waals surface area contributed by atoms with Gasteiger partial charge in [0.15, 0.2) is 5.78 Å². The Hall–Kier alpha value is -1.63.